The molecule has 3 rings (SSSR count). The van der Waals surface area contributed by atoms with Crippen molar-refractivity contribution in [3.05, 3.63) is 23.8 Å². The number of morpholine rings is 1. The van der Waals surface area contributed by atoms with Crippen molar-refractivity contribution >= 4 is 5.91 Å². The Balaban J connectivity index is 1.81. The Morgan fingerprint density at radius 1 is 1.39 bits per heavy atom. The van der Waals surface area contributed by atoms with Crippen LogP contribution in [0.1, 0.15) is 48.9 Å². The monoisotopic (exact) mass is 329 g/mol. The molecule has 1 aliphatic heterocycles. The Labute approximate surface area is 131 Å². The molecule has 2 aliphatic rings. The summed E-state index contributed by atoms with van der Waals surface area (Å²) in [5.41, 5.74) is -0.930. The zero-order chi connectivity index (χ0) is 16.8. The van der Waals surface area contributed by atoms with Crippen molar-refractivity contribution in [2.45, 2.75) is 50.5 Å². The summed E-state index contributed by atoms with van der Waals surface area (Å²) in [5.74, 6) is 0.350. The molecule has 1 aromatic heterocycles. The molecule has 23 heavy (non-hydrogen) atoms. The summed E-state index contributed by atoms with van der Waals surface area (Å²) < 4.78 is 44.1. The molecule has 0 radical (unpaired) electrons. The zero-order valence-corrected chi connectivity index (χ0v) is 12.9. The number of hydrogen-bond acceptors (Lipinski definition) is 4. The Hall–Kier alpha value is -1.70. The average molecular weight is 329 g/mol. The van der Waals surface area contributed by atoms with Gasteiger partial charge in [-0.1, -0.05) is 0 Å². The molecule has 1 amide bonds. The Kier molecular flexibility index (Phi) is 3.82. The maximum absolute atomic E-state index is 13.0. The molecule has 1 atom stereocenters. The van der Waals surface area contributed by atoms with Gasteiger partial charge in [-0.2, -0.15) is 13.2 Å². The number of amides is 1. The van der Waals surface area contributed by atoms with Crippen molar-refractivity contribution in [3.63, 3.8) is 0 Å². The smallest absolute Gasteiger partial charge is 0.359 e. The first-order valence-corrected chi connectivity index (χ1v) is 7.52. The molecule has 5 nitrogen and oxygen atoms in total. The molecule has 1 saturated heterocycles. The predicted molar refractivity (Wildman–Crippen MR) is 74.9 cm³/mol. The van der Waals surface area contributed by atoms with Gasteiger partial charge in [0.2, 0.25) is 0 Å². The number of halogens is 3. The van der Waals surface area contributed by atoms with Crippen LogP contribution in [-0.4, -0.2) is 51.7 Å². The highest BCUT2D eigenvalue weighted by molar-refractivity contribution is 5.92. The van der Waals surface area contributed by atoms with E-state index in [1.165, 1.54) is 17.2 Å². The van der Waals surface area contributed by atoms with E-state index in [1.807, 2.05) is 0 Å². The van der Waals surface area contributed by atoms with Gasteiger partial charge in [-0.15, -0.1) is 0 Å². The van der Waals surface area contributed by atoms with Gasteiger partial charge in [0.05, 0.1) is 12.1 Å². The van der Waals surface area contributed by atoms with Gasteiger partial charge in [0.15, 0.2) is 6.10 Å². The van der Waals surface area contributed by atoms with E-state index in [4.69, 9.17) is 4.74 Å². The summed E-state index contributed by atoms with van der Waals surface area (Å²) in [4.78, 5) is 22.1. The number of nitrogens with zero attached hydrogens (tertiary/aromatic N) is 3. The van der Waals surface area contributed by atoms with Gasteiger partial charge in [-0.25, -0.2) is 9.97 Å². The van der Waals surface area contributed by atoms with E-state index >= 15 is 0 Å². The molecule has 1 unspecified atom stereocenters. The van der Waals surface area contributed by atoms with Gasteiger partial charge in [0.25, 0.3) is 5.91 Å². The molecule has 1 aliphatic carbocycles. The fourth-order valence-electron chi connectivity index (χ4n) is 2.70. The maximum Gasteiger partial charge on any atom is 0.416 e. The highest BCUT2D eigenvalue weighted by atomic mass is 19.4. The molecule has 0 aromatic carbocycles. The summed E-state index contributed by atoms with van der Waals surface area (Å²) >= 11 is 0. The van der Waals surface area contributed by atoms with Crippen molar-refractivity contribution in [2.75, 3.05) is 13.1 Å². The second-order valence-corrected chi connectivity index (χ2v) is 6.67. The van der Waals surface area contributed by atoms with Crippen LogP contribution in [0.5, 0.6) is 0 Å². The van der Waals surface area contributed by atoms with Crippen LogP contribution in [0.3, 0.4) is 0 Å². The van der Waals surface area contributed by atoms with E-state index in [9.17, 15) is 18.0 Å². The number of ether oxygens (including phenoxy) is 1. The molecule has 1 saturated carbocycles. The summed E-state index contributed by atoms with van der Waals surface area (Å²) in [6.07, 6.45) is -3.04. The largest absolute Gasteiger partial charge is 0.416 e. The van der Waals surface area contributed by atoms with Gasteiger partial charge in [-0.3, -0.25) is 4.79 Å². The van der Waals surface area contributed by atoms with Gasteiger partial charge in [0.1, 0.15) is 11.5 Å². The lowest BCUT2D eigenvalue weighted by molar-refractivity contribution is -0.267. The van der Waals surface area contributed by atoms with E-state index in [2.05, 4.69) is 9.97 Å². The lowest BCUT2D eigenvalue weighted by Gasteiger charge is -2.43. The second kappa shape index (κ2) is 5.43. The van der Waals surface area contributed by atoms with Gasteiger partial charge >= 0.3 is 6.18 Å². The zero-order valence-electron chi connectivity index (χ0n) is 12.9. The van der Waals surface area contributed by atoms with Gasteiger partial charge < -0.3 is 9.64 Å². The first-order chi connectivity index (χ1) is 10.7. The number of hydrogen-bond donors (Lipinski definition) is 0. The number of carbonyl (C=O) groups excluding carboxylic acids is 1. The van der Waals surface area contributed by atoms with E-state index in [1.54, 1.807) is 13.8 Å². The minimum absolute atomic E-state index is 0.0845. The van der Waals surface area contributed by atoms with Crippen LogP contribution in [0.25, 0.3) is 0 Å². The number of rotatable bonds is 2. The van der Waals surface area contributed by atoms with E-state index in [-0.39, 0.29) is 18.2 Å². The fraction of sp³-hybridized carbons (Fsp3) is 0.667. The standard InChI is InChI=1S/C15H18F3N3O2/c1-14(2)8-21(7-11(23-14)15(16,17)18)13(22)10-5-6-19-12(20-10)9-3-4-9/h5-6,9,11H,3-4,7-8H2,1-2H3. The number of carbonyl (C=O) groups is 1. The van der Waals surface area contributed by atoms with Crippen LogP contribution in [0.2, 0.25) is 0 Å². The van der Waals surface area contributed by atoms with Crippen molar-refractivity contribution in [1.82, 2.24) is 14.9 Å². The van der Waals surface area contributed by atoms with Crippen LogP contribution in [0, 0.1) is 0 Å². The molecule has 2 heterocycles. The quantitative estimate of drug-likeness (QED) is 0.837. The van der Waals surface area contributed by atoms with E-state index in [0.29, 0.717) is 5.82 Å². The first kappa shape index (κ1) is 16.2. The van der Waals surface area contributed by atoms with E-state index < -0.39 is 30.3 Å². The second-order valence-electron chi connectivity index (χ2n) is 6.67. The van der Waals surface area contributed by atoms with Crippen molar-refractivity contribution in [1.29, 1.82) is 0 Å². The molecular weight excluding hydrogens is 311 g/mol. The highest BCUT2D eigenvalue weighted by Crippen LogP contribution is 2.38. The molecule has 0 bridgehead atoms. The molecule has 2 fully saturated rings. The molecule has 1 aromatic rings. The Morgan fingerprint density at radius 3 is 2.70 bits per heavy atom. The van der Waals surface area contributed by atoms with Crippen LogP contribution in [0.4, 0.5) is 13.2 Å². The minimum atomic E-state index is -4.51. The van der Waals surface area contributed by atoms with Crippen molar-refractivity contribution in [2.24, 2.45) is 0 Å². The highest BCUT2D eigenvalue weighted by Gasteiger charge is 2.49. The van der Waals surface area contributed by atoms with Crippen LogP contribution >= 0.6 is 0 Å². The normalized spacial score (nSPS) is 24.6. The lowest BCUT2D eigenvalue weighted by atomic mass is 10.0. The van der Waals surface area contributed by atoms with Crippen molar-refractivity contribution in [3.8, 4) is 0 Å². The molecule has 8 heteroatoms. The van der Waals surface area contributed by atoms with E-state index in [0.717, 1.165) is 12.8 Å². The van der Waals surface area contributed by atoms with Crippen LogP contribution in [-0.2, 0) is 4.74 Å². The topological polar surface area (TPSA) is 55.3 Å². The maximum atomic E-state index is 13.0. The fourth-order valence-corrected chi connectivity index (χ4v) is 2.70. The summed E-state index contributed by atoms with van der Waals surface area (Å²) in [7, 11) is 0. The van der Waals surface area contributed by atoms with Crippen LogP contribution in [0.15, 0.2) is 12.3 Å². The van der Waals surface area contributed by atoms with Gasteiger partial charge in [0, 0.05) is 18.7 Å². The number of alkyl halides is 3. The lowest BCUT2D eigenvalue weighted by Crippen LogP contribution is -2.58. The summed E-state index contributed by atoms with van der Waals surface area (Å²) in [6.45, 7) is 2.65. The Morgan fingerprint density at radius 2 is 2.09 bits per heavy atom. The third kappa shape index (κ3) is 3.63. The third-order valence-corrected chi connectivity index (χ3v) is 3.91. The molecular formula is C15H18F3N3O2. The molecule has 126 valence electrons. The molecule has 0 N–H and O–H groups in total. The average Bonchev–Trinajstić information content (AvgIpc) is 3.28. The van der Waals surface area contributed by atoms with Crippen LogP contribution < -0.4 is 0 Å². The Bertz CT molecular complexity index is 614. The van der Waals surface area contributed by atoms with Gasteiger partial charge in [-0.05, 0) is 32.8 Å². The third-order valence-electron chi connectivity index (χ3n) is 3.91. The SMILES string of the molecule is CC1(C)CN(C(=O)c2ccnc(C3CC3)n2)CC(C(F)(F)F)O1. The molecule has 0 spiro atoms. The predicted octanol–water partition coefficient (Wildman–Crippen LogP) is 2.54. The summed E-state index contributed by atoms with van der Waals surface area (Å²) in [5, 5.41) is 0. The number of aromatic nitrogens is 2. The van der Waals surface area contributed by atoms with Crippen molar-refractivity contribution < 1.29 is 22.7 Å². The first-order valence-electron chi connectivity index (χ1n) is 7.52. The summed E-state index contributed by atoms with van der Waals surface area (Å²) in [6, 6.07) is 1.44. The minimum Gasteiger partial charge on any atom is -0.359 e.